The van der Waals surface area contributed by atoms with Gasteiger partial charge in [-0.1, -0.05) is 12.1 Å². The van der Waals surface area contributed by atoms with Crippen LogP contribution < -0.4 is 20.1 Å². The number of carbonyl (C=O) groups is 3. The number of aliphatic imine (C=N–C) groups is 1. The van der Waals surface area contributed by atoms with Gasteiger partial charge in [0, 0.05) is 29.3 Å². The van der Waals surface area contributed by atoms with Crippen LogP contribution in [0.15, 0.2) is 53.7 Å². The molecule has 2 N–H and O–H groups in total. The minimum Gasteiger partial charge on any atom is -0.490 e. The van der Waals surface area contributed by atoms with E-state index in [0.29, 0.717) is 25.0 Å². The maximum atomic E-state index is 13.3. The Morgan fingerprint density at radius 3 is 2.48 bits per heavy atom. The summed E-state index contributed by atoms with van der Waals surface area (Å²) in [7, 11) is 0. The zero-order valence-electron chi connectivity index (χ0n) is 26.0. The molecule has 0 unspecified atom stereocenters. The van der Waals surface area contributed by atoms with E-state index in [9.17, 15) is 14.4 Å². The zero-order chi connectivity index (χ0) is 31.6. The molecule has 3 heterocycles. The summed E-state index contributed by atoms with van der Waals surface area (Å²) < 4.78 is 17.3. The van der Waals surface area contributed by atoms with E-state index in [1.165, 1.54) is 6.20 Å². The molecule has 0 radical (unpaired) electrons. The lowest BCUT2D eigenvalue weighted by atomic mass is 9.80. The van der Waals surface area contributed by atoms with Crippen molar-refractivity contribution in [3.63, 3.8) is 0 Å². The Morgan fingerprint density at radius 2 is 1.77 bits per heavy atom. The molecule has 0 saturated heterocycles. The largest absolute Gasteiger partial charge is 0.490 e. The number of fused-ring (bicyclic) bond motifs is 3. The summed E-state index contributed by atoms with van der Waals surface area (Å²) in [5.41, 5.74) is 4.33. The van der Waals surface area contributed by atoms with E-state index in [1.54, 1.807) is 37.3 Å². The normalized spacial score (nSPS) is 15.6. The van der Waals surface area contributed by atoms with Crippen molar-refractivity contribution in [1.29, 1.82) is 0 Å². The predicted molar refractivity (Wildman–Crippen MR) is 167 cm³/mol. The van der Waals surface area contributed by atoms with Crippen LogP contribution in [0.3, 0.4) is 0 Å². The highest BCUT2D eigenvalue weighted by atomic mass is 16.5. The van der Waals surface area contributed by atoms with Crippen molar-refractivity contribution in [2.45, 2.75) is 65.5 Å². The van der Waals surface area contributed by atoms with Crippen molar-refractivity contribution in [2.75, 3.05) is 25.1 Å². The third-order valence-corrected chi connectivity index (χ3v) is 7.36. The molecule has 0 fully saturated rings. The van der Waals surface area contributed by atoms with Gasteiger partial charge in [-0.25, -0.2) is 0 Å². The second kappa shape index (κ2) is 12.1. The van der Waals surface area contributed by atoms with Gasteiger partial charge in [0.1, 0.15) is 17.8 Å². The number of rotatable bonds is 9. The molecule has 2 aliphatic heterocycles. The summed E-state index contributed by atoms with van der Waals surface area (Å²) in [4.78, 5) is 47.7. The molecule has 0 spiro atoms. The second-order valence-corrected chi connectivity index (χ2v) is 12.1. The van der Waals surface area contributed by atoms with E-state index < -0.39 is 28.9 Å². The number of benzene rings is 2. The monoisotopic (exact) mass is 598 g/mol. The topological polar surface area (TPSA) is 128 Å². The SMILES string of the molecule is CCOC(=O)CNC(=O)c1ccc(C2=NC(C)(C)Cc3cc(OCC)c4c(c32)CC(C)(C)O4)cc1NC(=O)c1ccccn1. The minimum absolute atomic E-state index is 0.180. The Morgan fingerprint density at radius 1 is 0.977 bits per heavy atom. The van der Waals surface area contributed by atoms with Crippen LogP contribution in [0, 0.1) is 0 Å². The number of nitrogens with one attached hydrogen (secondary N) is 2. The molecule has 0 atom stereocenters. The predicted octanol–water partition coefficient (Wildman–Crippen LogP) is 4.91. The number of carbonyl (C=O) groups excluding carboxylic acids is 3. The lowest BCUT2D eigenvalue weighted by molar-refractivity contribution is -0.141. The van der Waals surface area contributed by atoms with E-state index in [2.05, 4.69) is 35.5 Å². The molecule has 44 heavy (non-hydrogen) atoms. The zero-order valence-corrected chi connectivity index (χ0v) is 26.0. The summed E-state index contributed by atoms with van der Waals surface area (Å²) in [5.74, 6) is -0.129. The number of ether oxygens (including phenoxy) is 3. The van der Waals surface area contributed by atoms with Gasteiger partial charge in [0.05, 0.1) is 35.7 Å². The number of pyridine rings is 1. The van der Waals surface area contributed by atoms with Crippen LogP contribution in [0.5, 0.6) is 11.5 Å². The highest BCUT2D eigenvalue weighted by Crippen LogP contribution is 2.48. The summed E-state index contributed by atoms with van der Waals surface area (Å²) >= 11 is 0. The summed E-state index contributed by atoms with van der Waals surface area (Å²) in [6, 6.07) is 12.2. The number of hydrogen-bond acceptors (Lipinski definition) is 8. The quantitative estimate of drug-likeness (QED) is 0.335. The summed E-state index contributed by atoms with van der Waals surface area (Å²) in [5, 5.41) is 5.44. The van der Waals surface area contributed by atoms with Gasteiger partial charge in [0.2, 0.25) is 0 Å². The Balaban J connectivity index is 1.61. The Hall–Kier alpha value is -4.73. The molecule has 230 valence electrons. The first-order valence-electron chi connectivity index (χ1n) is 14.8. The average Bonchev–Trinajstić information content (AvgIpc) is 3.30. The fraction of sp³-hybridized carbons (Fsp3) is 0.382. The van der Waals surface area contributed by atoms with E-state index in [1.807, 2.05) is 26.8 Å². The van der Waals surface area contributed by atoms with Gasteiger partial charge >= 0.3 is 5.97 Å². The number of hydrogen-bond donors (Lipinski definition) is 2. The molecule has 2 amide bonds. The molecule has 1 aromatic heterocycles. The average molecular weight is 599 g/mol. The van der Waals surface area contributed by atoms with Crippen LogP contribution >= 0.6 is 0 Å². The molecule has 2 aliphatic rings. The third-order valence-electron chi connectivity index (χ3n) is 7.36. The molecule has 10 heteroatoms. The van der Waals surface area contributed by atoms with Gasteiger partial charge in [0.15, 0.2) is 11.5 Å². The van der Waals surface area contributed by atoms with Crippen molar-refractivity contribution in [3.05, 3.63) is 82.2 Å². The number of amides is 2. The second-order valence-electron chi connectivity index (χ2n) is 12.1. The number of anilines is 1. The van der Waals surface area contributed by atoms with E-state index in [4.69, 9.17) is 19.2 Å². The molecule has 5 rings (SSSR count). The minimum atomic E-state index is -0.558. The highest BCUT2D eigenvalue weighted by Gasteiger charge is 2.40. The van der Waals surface area contributed by atoms with Crippen molar-refractivity contribution >= 4 is 29.2 Å². The number of aromatic nitrogens is 1. The summed E-state index contributed by atoms with van der Waals surface area (Å²) in [6.07, 6.45) is 2.90. The van der Waals surface area contributed by atoms with Gasteiger partial charge < -0.3 is 24.8 Å². The first kappa shape index (κ1) is 30.7. The van der Waals surface area contributed by atoms with Crippen molar-refractivity contribution in [2.24, 2.45) is 4.99 Å². The molecule has 3 aromatic rings. The van der Waals surface area contributed by atoms with Crippen LogP contribution in [0.1, 0.15) is 84.6 Å². The number of esters is 1. The van der Waals surface area contributed by atoms with Crippen LogP contribution in [0.4, 0.5) is 5.69 Å². The van der Waals surface area contributed by atoms with Crippen molar-refractivity contribution in [1.82, 2.24) is 10.3 Å². The standard InChI is InChI=1S/C34H38N4O6/c1-7-42-26-16-21-17-33(3,4)38-29(28(21)23-18-34(5,6)44-30(23)26)20-12-13-22(31(40)36-19-27(39)43-8-2)25(15-20)37-32(41)24-11-9-10-14-35-24/h9-16H,7-8,17-19H2,1-6H3,(H,36,40)(H,37,41). The van der Waals surface area contributed by atoms with E-state index >= 15 is 0 Å². The fourth-order valence-corrected chi connectivity index (χ4v) is 5.68. The highest BCUT2D eigenvalue weighted by molar-refractivity contribution is 6.18. The lowest BCUT2D eigenvalue weighted by Crippen LogP contribution is -2.32. The van der Waals surface area contributed by atoms with Gasteiger partial charge in [0.25, 0.3) is 11.8 Å². The summed E-state index contributed by atoms with van der Waals surface area (Å²) in [6.45, 7) is 12.3. The Kier molecular flexibility index (Phi) is 8.45. The third kappa shape index (κ3) is 6.44. The molecule has 0 aliphatic carbocycles. The van der Waals surface area contributed by atoms with E-state index in [-0.39, 0.29) is 30.1 Å². The Labute approximate surface area is 257 Å². The molecule has 2 aromatic carbocycles. The Bertz CT molecular complexity index is 1650. The van der Waals surface area contributed by atoms with E-state index in [0.717, 1.165) is 33.9 Å². The van der Waals surface area contributed by atoms with Crippen molar-refractivity contribution < 1.29 is 28.6 Å². The van der Waals surface area contributed by atoms with Crippen LogP contribution in [0.25, 0.3) is 0 Å². The lowest BCUT2D eigenvalue weighted by Gasteiger charge is -2.31. The van der Waals surface area contributed by atoms with Crippen LogP contribution in [0.2, 0.25) is 0 Å². The number of nitrogens with zero attached hydrogens (tertiary/aromatic N) is 2. The fourth-order valence-electron chi connectivity index (χ4n) is 5.68. The molecular weight excluding hydrogens is 560 g/mol. The van der Waals surface area contributed by atoms with Gasteiger partial charge in [-0.2, -0.15) is 0 Å². The first-order valence-corrected chi connectivity index (χ1v) is 14.8. The van der Waals surface area contributed by atoms with Gasteiger partial charge in [-0.05, 0) is 83.9 Å². The molecule has 0 saturated carbocycles. The maximum Gasteiger partial charge on any atom is 0.325 e. The molecule has 10 nitrogen and oxygen atoms in total. The van der Waals surface area contributed by atoms with Gasteiger partial charge in [-0.3, -0.25) is 24.4 Å². The smallest absolute Gasteiger partial charge is 0.325 e. The van der Waals surface area contributed by atoms with Crippen LogP contribution in [-0.2, 0) is 22.4 Å². The molecular formula is C34H38N4O6. The van der Waals surface area contributed by atoms with Gasteiger partial charge in [-0.15, -0.1) is 0 Å². The maximum absolute atomic E-state index is 13.3. The van der Waals surface area contributed by atoms with Crippen molar-refractivity contribution in [3.8, 4) is 11.5 Å². The molecule has 0 bridgehead atoms. The van der Waals surface area contributed by atoms with Crippen LogP contribution in [-0.4, -0.2) is 59.4 Å². The first-order chi connectivity index (χ1) is 20.9.